The first-order valence-corrected chi connectivity index (χ1v) is 6.59. The van der Waals surface area contributed by atoms with Crippen LogP contribution in [0.15, 0.2) is 0 Å². The first kappa shape index (κ1) is 11.5. The second-order valence-corrected chi connectivity index (χ2v) is 4.88. The van der Waals surface area contributed by atoms with Crippen molar-refractivity contribution in [3.63, 3.8) is 0 Å². The van der Waals surface area contributed by atoms with Gasteiger partial charge in [-0.05, 0) is 0 Å². The van der Waals surface area contributed by atoms with Crippen LogP contribution in [0.25, 0.3) is 11.0 Å². The van der Waals surface area contributed by atoms with Gasteiger partial charge in [-0.1, -0.05) is 0 Å². The number of hydrogen-bond acceptors (Lipinski definition) is 3. The second-order valence-electron chi connectivity index (χ2n) is 3.94. The van der Waals surface area contributed by atoms with Crippen LogP contribution in [0.5, 0.6) is 0 Å². The number of rotatable bonds is 2. The monoisotopic (exact) mass is 278 g/mol. The average molecular weight is 278 g/mol. The van der Waals surface area contributed by atoms with Crippen LogP contribution in [0, 0.1) is 20.8 Å². The van der Waals surface area contributed by atoms with Gasteiger partial charge in [0.1, 0.15) is 0 Å². The summed E-state index contributed by atoms with van der Waals surface area (Å²) in [6, 6.07) is 0. The molecule has 0 fully saturated rings. The minimum absolute atomic E-state index is 0.533. The number of imidazole rings is 1. The Morgan fingerprint density at radius 3 is 2.56 bits per heavy atom. The number of hydrogen-bond donors (Lipinski definition) is 1. The van der Waals surface area contributed by atoms with E-state index in [1.165, 1.54) is 5.56 Å². The van der Waals surface area contributed by atoms with Crippen molar-refractivity contribution in [1.29, 1.82) is 0 Å². The molecule has 0 aliphatic rings. The Morgan fingerprint density at radius 1 is 1.25 bits per heavy atom. The Morgan fingerprint density at radius 2 is 1.94 bits per heavy atom. The van der Waals surface area contributed by atoms with Gasteiger partial charge in [0.15, 0.2) is 0 Å². The van der Waals surface area contributed by atoms with Crippen LogP contribution in [0.3, 0.4) is 0 Å². The third-order valence-electron chi connectivity index (χ3n) is 2.91. The molecule has 2 aromatic heterocycles. The molecule has 2 heterocycles. The van der Waals surface area contributed by atoms with Gasteiger partial charge in [-0.15, -0.1) is 0 Å². The Labute approximate surface area is 104 Å². The SMILES string of the molecule is Cc1nc(N)c2nc(C)n(CC[As])c2c1C. The average Bonchev–Trinajstić information content (AvgIpc) is 2.55. The summed E-state index contributed by atoms with van der Waals surface area (Å²) < 4.78 is 2.22. The van der Waals surface area contributed by atoms with Gasteiger partial charge in [-0.25, -0.2) is 0 Å². The third kappa shape index (κ3) is 1.61. The zero-order valence-electron chi connectivity index (χ0n) is 9.78. The molecule has 0 saturated heterocycles. The van der Waals surface area contributed by atoms with Crippen molar-refractivity contribution in [2.75, 3.05) is 5.73 Å². The number of fused-ring (bicyclic) bond motifs is 1. The summed E-state index contributed by atoms with van der Waals surface area (Å²) in [4.78, 5) is 8.82. The number of aryl methyl sites for hydroxylation is 4. The summed E-state index contributed by atoms with van der Waals surface area (Å²) in [5.74, 6) is 1.54. The molecule has 84 valence electrons. The summed E-state index contributed by atoms with van der Waals surface area (Å²) in [6.45, 7) is 7.02. The Balaban J connectivity index is 2.85. The number of aromatic nitrogens is 3. The van der Waals surface area contributed by atoms with Gasteiger partial charge in [-0.2, -0.15) is 0 Å². The van der Waals surface area contributed by atoms with E-state index in [-0.39, 0.29) is 0 Å². The predicted molar refractivity (Wildman–Crippen MR) is 66.7 cm³/mol. The molecule has 2 aromatic rings. The summed E-state index contributed by atoms with van der Waals surface area (Å²) in [6.07, 6.45) is 0. The molecule has 2 rings (SSSR count). The number of nitrogen functional groups attached to an aromatic ring is 1. The van der Waals surface area contributed by atoms with Crippen molar-refractivity contribution < 1.29 is 0 Å². The zero-order valence-corrected chi connectivity index (χ0v) is 11.7. The van der Waals surface area contributed by atoms with E-state index < -0.39 is 0 Å². The van der Waals surface area contributed by atoms with Crippen molar-refractivity contribution in [2.24, 2.45) is 0 Å². The molecule has 16 heavy (non-hydrogen) atoms. The van der Waals surface area contributed by atoms with E-state index in [0.717, 1.165) is 34.3 Å². The number of nitrogens with two attached hydrogens (primary N) is 1. The summed E-state index contributed by atoms with van der Waals surface area (Å²) in [7, 11) is 0. The normalized spacial score (nSPS) is 11.2. The molecule has 0 amide bonds. The molecular weight excluding hydrogens is 263 g/mol. The maximum atomic E-state index is 5.91. The molecule has 0 atom stereocenters. The summed E-state index contributed by atoms with van der Waals surface area (Å²) >= 11 is 2.60. The standard InChI is InChI=1S/C11H15AsN4/c1-6-7(2)14-11(13)9-10(6)16(5-4-12)8(3)15-9/h4-5H2,1-3H3,(H2,13,14). The minimum atomic E-state index is 0.533. The Bertz CT molecular complexity index is 545. The van der Waals surface area contributed by atoms with Crippen LogP contribution in [0.1, 0.15) is 17.1 Å². The molecule has 0 bridgehead atoms. The van der Waals surface area contributed by atoms with Gasteiger partial charge >= 0.3 is 104 Å². The van der Waals surface area contributed by atoms with E-state index in [0.29, 0.717) is 5.82 Å². The maximum absolute atomic E-state index is 5.91. The zero-order chi connectivity index (χ0) is 11.9. The van der Waals surface area contributed by atoms with Crippen LogP contribution in [-0.4, -0.2) is 31.4 Å². The Hall–Kier alpha value is -1.02. The van der Waals surface area contributed by atoms with Crippen LogP contribution < -0.4 is 5.73 Å². The van der Waals surface area contributed by atoms with Crippen molar-refractivity contribution in [3.05, 3.63) is 17.1 Å². The topological polar surface area (TPSA) is 56.7 Å². The summed E-state index contributed by atoms with van der Waals surface area (Å²) in [5, 5.41) is 1.03. The first-order valence-electron chi connectivity index (χ1n) is 5.26. The quantitative estimate of drug-likeness (QED) is 0.847. The van der Waals surface area contributed by atoms with Crippen molar-refractivity contribution in [3.8, 4) is 0 Å². The Kier molecular flexibility index (Phi) is 2.93. The predicted octanol–water partition coefficient (Wildman–Crippen LogP) is 1.53. The fourth-order valence-corrected chi connectivity index (χ4v) is 2.41. The third-order valence-corrected chi connectivity index (χ3v) is 3.33. The van der Waals surface area contributed by atoms with Gasteiger partial charge in [0.2, 0.25) is 0 Å². The fourth-order valence-electron chi connectivity index (χ4n) is 1.99. The van der Waals surface area contributed by atoms with E-state index in [4.69, 9.17) is 5.73 Å². The van der Waals surface area contributed by atoms with Crippen LogP contribution in [0.2, 0.25) is 5.21 Å². The van der Waals surface area contributed by atoms with Gasteiger partial charge < -0.3 is 0 Å². The molecule has 0 saturated carbocycles. The first-order chi connectivity index (χ1) is 7.56. The molecule has 2 radical (unpaired) electrons. The van der Waals surface area contributed by atoms with E-state index in [1.54, 1.807) is 0 Å². The van der Waals surface area contributed by atoms with Crippen LogP contribution >= 0.6 is 0 Å². The second kappa shape index (κ2) is 4.10. The molecule has 0 aliphatic carbocycles. The summed E-state index contributed by atoms with van der Waals surface area (Å²) in [5.41, 5.74) is 10.0. The van der Waals surface area contributed by atoms with Gasteiger partial charge in [0.25, 0.3) is 0 Å². The van der Waals surface area contributed by atoms with E-state index >= 15 is 0 Å². The van der Waals surface area contributed by atoms with Gasteiger partial charge in [0.05, 0.1) is 0 Å². The van der Waals surface area contributed by atoms with Gasteiger partial charge in [-0.3, -0.25) is 0 Å². The van der Waals surface area contributed by atoms with Crippen molar-refractivity contribution in [1.82, 2.24) is 14.5 Å². The molecule has 5 heteroatoms. The molecule has 0 aromatic carbocycles. The van der Waals surface area contributed by atoms with Crippen LogP contribution in [0.4, 0.5) is 5.82 Å². The number of anilines is 1. The van der Waals surface area contributed by atoms with E-state index in [9.17, 15) is 0 Å². The molecule has 0 spiro atoms. The molecule has 0 unspecified atom stereocenters. The molecular formula is C11H15AsN4. The molecule has 0 aliphatic heterocycles. The number of pyridine rings is 1. The number of nitrogens with zero attached hydrogens (tertiary/aromatic N) is 3. The fraction of sp³-hybridized carbons (Fsp3) is 0.455. The van der Waals surface area contributed by atoms with E-state index in [2.05, 4.69) is 38.3 Å². The van der Waals surface area contributed by atoms with Crippen LogP contribution in [-0.2, 0) is 6.54 Å². The van der Waals surface area contributed by atoms with Gasteiger partial charge in [0, 0.05) is 0 Å². The van der Waals surface area contributed by atoms with Crippen molar-refractivity contribution in [2.45, 2.75) is 32.5 Å². The molecule has 4 nitrogen and oxygen atoms in total. The molecule has 2 N–H and O–H groups in total. The van der Waals surface area contributed by atoms with E-state index in [1.807, 2.05) is 13.8 Å². The van der Waals surface area contributed by atoms with Crippen molar-refractivity contribution >= 4 is 33.7 Å².